The molecule has 0 bridgehead atoms. The second-order valence-corrected chi connectivity index (χ2v) is 4.28. The molecule has 0 aliphatic carbocycles. The number of benzene rings is 1. The zero-order chi connectivity index (χ0) is 11.8. The van der Waals surface area contributed by atoms with Gasteiger partial charge >= 0.3 is 0 Å². The standard InChI is InChI=1S/C14H22O2/c1-2-3-4-9-14(16)10-12-7-5-6-8-13(12)11-15/h5-8,14-16H,2-4,9-11H2,1H3. The van der Waals surface area contributed by atoms with Gasteiger partial charge in [-0.15, -0.1) is 0 Å². The van der Waals surface area contributed by atoms with Crippen LogP contribution >= 0.6 is 0 Å². The minimum Gasteiger partial charge on any atom is -0.393 e. The number of aliphatic hydroxyl groups excluding tert-OH is 2. The molecule has 0 aromatic heterocycles. The highest BCUT2D eigenvalue weighted by Gasteiger charge is 2.08. The van der Waals surface area contributed by atoms with Crippen molar-refractivity contribution >= 4 is 0 Å². The molecule has 0 saturated heterocycles. The number of rotatable bonds is 7. The van der Waals surface area contributed by atoms with Crippen molar-refractivity contribution in [3.8, 4) is 0 Å². The van der Waals surface area contributed by atoms with Crippen LogP contribution in [0.25, 0.3) is 0 Å². The second kappa shape index (κ2) is 7.42. The predicted molar refractivity (Wildman–Crippen MR) is 66.2 cm³/mol. The maximum Gasteiger partial charge on any atom is 0.0684 e. The third-order valence-electron chi connectivity index (χ3n) is 2.89. The molecule has 0 radical (unpaired) electrons. The molecule has 0 aliphatic heterocycles. The van der Waals surface area contributed by atoms with Crippen LogP contribution in [-0.4, -0.2) is 16.3 Å². The summed E-state index contributed by atoms with van der Waals surface area (Å²) in [5, 5.41) is 19.0. The maximum absolute atomic E-state index is 9.87. The molecule has 2 nitrogen and oxygen atoms in total. The van der Waals surface area contributed by atoms with E-state index in [9.17, 15) is 5.11 Å². The van der Waals surface area contributed by atoms with Crippen LogP contribution in [0.2, 0.25) is 0 Å². The van der Waals surface area contributed by atoms with Crippen LogP contribution in [0.3, 0.4) is 0 Å². The van der Waals surface area contributed by atoms with Crippen molar-refractivity contribution in [3.05, 3.63) is 35.4 Å². The Labute approximate surface area is 97.9 Å². The van der Waals surface area contributed by atoms with E-state index in [0.717, 1.165) is 24.0 Å². The lowest BCUT2D eigenvalue weighted by Crippen LogP contribution is -2.11. The van der Waals surface area contributed by atoms with E-state index in [1.165, 1.54) is 12.8 Å². The molecule has 1 aromatic rings. The third kappa shape index (κ3) is 4.33. The Kier molecular flexibility index (Phi) is 6.12. The molecule has 2 heteroatoms. The van der Waals surface area contributed by atoms with Crippen LogP contribution in [-0.2, 0) is 13.0 Å². The fourth-order valence-corrected chi connectivity index (χ4v) is 1.90. The molecule has 16 heavy (non-hydrogen) atoms. The molecule has 1 atom stereocenters. The van der Waals surface area contributed by atoms with E-state index in [4.69, 9.17) is 5.11 Å². The molecule has 0 heterocycles. The summed E-state index contributed by atoms with van der Waals surface area (Å²) >= 11 is 0. The van der Waals surface area contributed by atoms with E-state index in [0.29, 0.717) is 6.42 Å². The first-order valence-corrected chi connectivity index (χ1v) is 6.13. The second-order valence-electron chi connectivity index (χ2n) is 4.28. The molecular weight excluding hydrogens is 200 g/mol. The third-order valence-corrected chi connectivity index (χ3v) is 2.89. The van der Waals surface area contributed by atoms with Crippen LogP contribution in [0.4, 0.5) is 0 Å². The van der Waals surface area contributed by atoms with E-state index in [-0.39, 0.29) is 12.7 Å². The summed E-state index contributed by atoms with van der Waals surface area (Å²) in [4.78, 5) is 0. The van der Waals surface area contributed by atoms with E-state index in [2.05, 4.69) is 6.92 Å². The quantitative estimate of drug-likeness (QED) is 0.696. The molecule has 1 rings (SSSR count). The SMILES string of the molecule is CCCCCC(O)Cc1ccccc1CO. The van der Waals surface area contributed by atoms with E-state index >= 15 is 0 Å². The fourth-order valence-electron chi connectivity index (χ4n) is 1.90. The van der Waals surface area contributed by atoms with Gasteiger partial charge in [0.25, 0.3) is 0 Å². The highest BCUT2D eigenvalue weighted by molar-refractivity contribution is 5.26. The van der Waals surface area contributed by atoms with Crippen LogP contribution < -0.4 is 0 Å². The van der Waals surface area contributed by atoms with Gasteiger partial charge in [0.15, 0.2) is 0 Å². The predicted octanol–water partition coefficient (Wildman–Crippen LogP) is 2.66. The Balaban J connectivity index is 2.45. The van der Waals surface area contributed by atoms with Crippen molar-refractivity contribution < 1.29 is 10.2 Å². The maximum atomic E-state index is 9.87. The smallest absolute Gasteiger partial charge is 0.0684 e. The first-order valence-electron chi connectivity index (χ1n) is 6.13. The largest absolute Gasteiger partial charge is 0.393 e. The van der Waals surface area contributed by atoms with Gasteiger partial charge in [0.05, 0.1) is 12.7 Å². The lowest BCUT2D eigenvalue weighted by atomic mass is 9.99. The van der Waals surface area contributed by atoms with Gasteiger partial charge < -0.3 is 10.2 Å². The monoisotopic (exact) mass is 222 g/mol. The highest BCUT2D eigenvalue weighted by Crippen LogP contribution is 2.14. The Morgan fingerprint density at radius 3 is 2.44 bits per heavy atom. The Hall–Kier alpha value is -0.860. The van der Waals surface area contributed by atoms with Crippen molar-refractivity contribution in [2.45, 2.75) is 51.7 Å². The van der Waals surface area contributed by atoms with Gasteiger partial charge in [0.2, 0.25) is 0 Å². The zero-order valence-electron chi connectivity index (χ0n) is 10.0. The van der Waals surface area contributed by atoms with Crippen LogP contribution in [0.1, 0.15) is 43.7 Å². The molecule has 0 saturated carbocycles. The van der Waals surface area contributed by atoms with E-state index in [1.807, 2.05) is 24.3 Å². The molecular formula is C14H22O2. The van der Waals surface area contributed by atoms with Crippen LogP contribution in [0, 0.1) is 0 Å². The summed E-state index contributed by atoms with van der Waals surface area (Å²) < 4.78 is 0. The van der Waals surface area contributed by atoms with Gasteiger partial charge in [-0.1, -0.05) is 50.5 Å². The molecule has 0 fully saturated rings. The van der Waals surface area contributed by atoms with Crippen LogP contribution in [0.5, 0.6) is 0 Å². The van der Waals surface area contributed by atoms with Gasteiger partial charge in [-0.2, -0.15) is 0 Å². The average molecular weight is 222 g/mol. The first kappa shape index (κ1) is 13.2. The summed E-state index contributed by atoms with van der Waals surface area (Å²) in [5.74, 6) is 0. The fraction of sp³-hybridized carbons (Fsp3) is 0.571. The average Bonchev–Trinajstić information content (AvgIpc) is 2.30. The summed E-state index contributed by atoms with van der Waals surface area (Å²) in [5.41, 5.74) is 1.99. The number of hydrogen-bond donors (Lipinski definition) is 2. The Morgan fingerprint density at radius 1 is 1.12 bits per heavy atom. The molecule has 1 unspecified atom stereocenters. The molecule has 90 valence electrons. The van der Waals surface area contributed by atoms with Gasteiger partial charge in [-0.05, 0) is 24.0 Å². The minimum absolute atomic E-state index is 0.0534. The van der Waals surface area contributed by atoms with Crippen molar-refractivity contribution in [2.24, 2.45) is 0 Å². The van der Waals surface area contributed by atoms with Crippen molar-refractivity contribution in [2.75, 3.05) is 0 Å². The Morgan fingerprint density at radius 2 is 1.81 bits per heavy atom. The highest BCUT2D eigenvalue weighted by atomic mass is 16.3. The number of aliphatic hydroxyl groups is 2. The molecule has 0 aliphatic rings. The number of hydrogen-bond acceptors (Lipinski definition) is 2. The molecule has 0 spiro atoms. The van der Waals surface area contributed by atoms with Gasteiger partial charge in [-0.25, -0.2) is 0 Å². The van der Waals surface area contributed by atoms with Gasteiger partial charge in [0, 0.05) is 0 Å². The molecule has 0 amide bonds. The lowest BCUT2D eigenvalue weighted by molar-refractivity contribution is 0.160. The van der Waals surface area contributed by atoms with Crippen LogP contribution in [0.15, 0.2) is 24.3 Å². The summed E-state index contributed by atoms with van der Waals surface area (Å²) in [7, 11) is 0. The normalized spacial score (nSPS) is 12.7. The lowest BCUT2D eigenvalue weighted by Gasteiger charge is -2.12. The summed E-state index contributed by atoms with van der Waals surface area (Å²) in [6, 6.07) is 7.76. The summed E-state index contributed by atoms with van der Waals surface area (Å²) in [6.45, 7) is 2.21. The Bertz CT molecular complexity index is 297. The molecule has 2 N–H and O–H groups in total. The summed E-state index contributed by atoms with van der Waals surface area (Å²) in [6.07, 6.45) is 4.67. The van der Waals surface area contributed by atoms with Gasteiger partial charge in [0.1, 0.15) is 0 Å². The minimum atomic E-state index is -0.278. The molecule has 1 aromatic carbocycles. The number of unbranched alkanes of at least 4 members (excludes halogenated alkanes) is 2. The van der Waals surface area contributed by atoms with Gasteiger partial charge in [-0.3, -0.25) is 0 Å². The first-order chi connectivity index (χ1) is 7.77. The van der Waals surface area contributed by atoms with Crippen molar-refractivity contribution in [1.82, 2.24) is 0 Å². The zero-order valence-corrected chi connectivity index (χ0v) is 10.0. The van der Waals surface area contributed by atoms with E-state index < -0.39 is 0 Å². The van der Waals surface area contributed by atoms with E-state index in [1.54, 1.807) is 0 Å². The van der Waals surface area contributed by atoms with Crippen molar-refractivity contribution in [1.29, 1.82) is 0 Å². The topological polar surface area (TPSA) is 40.5 Å². The van der Waals surface area contributed by atoms with Crippen molar-refractivity contribution in [3.63, 3.8) is 0 Å².